The van der Waals surface area contributed by atoms with Crippen molar-refractivity contribution in [2.24, 2.45) is 16.8 Å². The highest BCUT2D eigenvalue weighted by Gasteiger charge is 2.41. The van der Waals surface area contributed by atoms with Crippen molar-refractivity contribution in [3.05, 3.63) is 250 Å². The Balaban J connectivity index is 0.000000148. The van der Waals surface area contributed by atoms with E-state index < -0.39 is 0 Å². The maximum atomic E-state index is 12.2. The molecule has 19 heterocycles. The minimum absolute atomic E-state index is 0.120. The molecule has 1 aliphatic carbocycles. The number of likely N-dealkylation sites (N-methyl/N-ethyl adjacent to an activating group) is 3. The summed E-state index contributed by atoms with van der Waals surface area (Å²) in [6, 6.07) is 38.9. The van der Waals surface area contributed by atoms with Crippen LogP contribution in [0.1, 0.15) is 310 Å². The predicted molar refractivity (Wildman–Crippen MR) is 606 cm³/mol. The van der Waals surface area contributed by atoms with Crippen LogP contribution in [0.15, 0.2) is 182 Å². The topological polar surface area (TPSA) is 243 Å². The SMILES string of the molecule is CC(C)C1=NCC(C2CC2)=C1.CC(C)c1ccc(C2=CCN(C3COC3)CC2)cn1.CC(C)c1ccc(C2C(=O)N(C)CCN2C)cc1.CC(C)c1ccc(C2CN(C3COC3)C2)cn1.CC(C)c1ccc(N2CCN(C3COC3)CC2(C)C)cn1.CC(C)c1ccc(N2CCN(C3COC3)CC2)nc1.CC(C)c1cccc(N2CCN(C)CC2)n1.CC(C)c1ccncn1.CC(C)c1cnccn1.Cc1cc(C(C)C)n[nH]1. The first-order chi connectivity index (χ1) is 70.9. The molecule has 1 unspecified atom stereocenters. The fourth-order valence-corrected chi connectivity index (χ4v) is 19.0. The Kier molecular flexibility index (Phi) is 45.3. The van der Waals surface area contributed by atoms with Crippen molar-refractivity contribution >= 4 is 34.5 Å². The Bertz CT molecular complexity index is 5400. The Hall–Kier alpha value is -10.0. The summed E-state index contributed by atoms with van der Waals surface area (Å²) in [5, 5.41) is 6.99. The molecule has 0 spiro atoms. The first-order valence-corrected chi connectivity index (χ1v) is 55.5. The van der Waals surface area contributed by atoms with E-state index >= 15 is 0 Å². The summed E-state index contributed by atoms with van der Waals surface area (Å²) in [5.41, 5.74) is 21.3. The van der Waals surface area contributed by atoms with E-state index in [0.717, 1.165) is 210 Å². The van der Waals surface area contributed by atoms with Crippen LogP contribution < -0.4 is 14.7 Å². The lowest BCUT2D eigenvalue weighted by molar-refractivity contribution is -0.139. The molecule has 1 N–H and O–H groups in total. The number of likely N-dealkylation sites (tertiary alicyclic amines) is 1. The lowest BCUT2D eigenvalue weighted by Crippen LogP contribution is -2.64. The molecule has 21 rings (SSSR count). The molecular formula is C121H182N22O5. The molecular weight excluding hydrogens is 1840 g/mol. The van der Waals surface area contributed by atoms with Crippen LogP contribution in [-0.2, 0) is 23.7 Å². The van der Waals surface area contributed by atoms with Gasteiger partial charge in [0.25, 0.3) is 0 Å². The second-order valence-corrected chi connectivity index (χ2v) is 45.8. The fraction of sp³-hybridized carbons (Fsp3) is 0.603. The molecule has 9 saturated heterocycles. The zero-order valence-corrected chi connectivity index (χ0v) is 94.9. The molecule has 12 aliphatic rings. The van der Waals surface area contributed by atoms with Gasteiger partial charge in [0, 0.05) is 213 Å². The second kappa shape index (κ2) is 57.4. The third-order valence-electron chi connectivity index (χ3n) is 30.1. The van der Waals surface area contributed by atoms with Crippen LogP contribution in [-0.4, -0.2) is 322 Å². The smallest absolute Gasteiger partial charge is 0.244 e. The molecule has 148 heavy (non-hydrogen) atoms. The molecule has 1 amide bonds. The minimum atomic E-state index is -0.120. The summed E-state index contributed by atoms with van der Waals surface area (Å²) in [4.78, 5) is 79.5. The van der Waals surface area contributed by atoms with Crippen molar-refractivity contribution < 1.29 is 23.7 Å². The highest BCUT2D eigenvalue weighted by atomic mass is 16.5. The number of aromatic nitrogens is 11. The van der Waals surface area contributed by atoms with E-state index in [0.29, 0.717) is 89.3 Å². The number of pyridine rings is 5. The van der Waals surface area contributed by atoms with Crippen LogP contribution in [0.4, 0.5) is 17.3 Å². The summed E-state index contributed by atoms with van der Waals surface area (Å²) in [6.45, 7) is 76.8. The third-order valence-corrected chi connectivity index (χ3v) is 30.1. The summed E-state index contributed by atoms with van der Waals surface area (Å²) < 4.78 is 21.1. The Labute approximate surface area is 889 Å². The number of allylic oxidation sites excluding steroid dienone is 1. The van der Waals surface area contributed by atoms with Crippen LogP contribution in [0.3, 0.4) is 0 Å². The van der Waals surface area contributed by atoms with Gasteiger partial charge in [-0.1, -0.05) is 193 Å². The molecule has 1 aromatic carbocycles. The van der Waals surface area contributed by atoms with Gasteiger partial charge in [0.05, 0.1) is 107 Å². The Morgan fingerprint density at radius 2 is 0.966 bits per heavy atom. The zero-order valence-electron chi connectivity index (χ0n) is 94.9. The van der Waals surface area contributed by atoms with E-state index in [1.54, 1.807) is 36.7 Å². The van der Waals surface area contributed by atoms with Crippen LogP contribution in [0.25, 0.3) is 5.57 Å². The first kappa shape index (κ1) is 117. The third kappa shape index (κ3) is 35.0. The van der Waals surface area contributed by atoms with Gasteiger partial charge in [-0.15, -0.1) is 0 Å². The van der Waals surface area contributed by atoms with E-state index in [2.05, 4.69) is 374 Å². The Morgan fingerprint density at radius 3 is 1.42 bits per heavy atom. The average molecular weight is 2020 g/mol. The summed E-state index contributed by atoms with van der Waals surface area (Å²) in [6.07, 6.45) is 25.3. The summed E-state index contributed by atoms with van der Waals surface area (Å²) >= 11 is 0. The molecule has 11 aliphatic heterocycles. The molecule has 10 fully saturated rings. The quantitative estimate of drug-likeness (QED) is 0.0702. The number of hydrogen-bond donors (Lipinski definition) is 1. The van der Waals surface area contributed by atoms with E-state index in [1.807, 2.05) is 50.6 Å². The largest absolute Gasteiger partial charge is 0.378 e. The van der Waals surface area contributed by atoms with Gasteiger partial charge in [-0.25, -0.2) is 19.9 Å². The molecule has 27 heteroatoms. The minimum Gasteiger partial charge on any atom is -0.378 e. The van der Waals surface area contributed by atoms with Gasteiger partial charge in [-0.05, 0) is 219 Å². The standard InChI is InChI=1S/C17H27N3O.C16H22N2O.C15H23N3O.C15H22N2O.C14H20N2O.C13H21N3.C10H15N.C7H12N2.2C7H10N2/c1-13(2)16-6-5-14(9-18-16)20-8-7-19(12-17(20,3)4)15-10-21-11-15;1-12(2)16-4-3-14(9-17-16)13-5-7-18(8-6-13)15-10-19-11-15;1-12(2)13-3-4-15(16-9-13)18-7-5-17(6-8-18)14-10-19-11-14;1-11(2)12-5-7-13(8-6-12)14-15(18)17(4)10-9-16(14)3;1-10(2)14-4-3-11(5-15-14)12-6-16(7-12)13-8-17-9-13;1-11(2)12-5-4-6-13(14-12)16-9-7-15(3)8-10-16;1-7(2)10-5-9(6-11-10)8-3-4-8;1-5(2)7-4-6(3)8-9-7;1-6(2)7-5-8-3-4-9-7;1-6(2)7-3-4-8-5-9-7/h5-6,9,13,15H,7-8,10-12H2,1-4H3;3-5,9,12,15H,6-8,10-11H2,1-2H3;3-4,9,12,14H,5-8,10-11H2,1-2H3;5-8,11,14H,9-10H2,1-4H3;3-5,10,12-13H,6-9H2,1-2H3;4-6,11H,7-10H2,1-3H3;5,7-8H,3-4,6H2,1-2H3;4-5H,1-3H3,(H,8,9);2*3-6H,1-2H3. The highest BCUT2D eigenvalue weighted by molar-refractivity contribution is 5.99. The number of amides is 1. The van der Waals surface area contributed by atoms with Crippen LogP contribution in [0.2, 0.25) is 0 Å². The lowest BCUT2D eigenvalue weighted by atomic mass is 9.90. The maximum absolute atomic E-state index is 12.2. The average Bonchev–Trinajstić information content (AvgIpc) is 1.28. The maximum Gasteiger partial charge on any atom is 0.244 e. The van der Waals surface area contributed by atoms with Crippen molar-refractivity contribution in [3.8, 4) is 0 Å². The van der Waals surface area contributed by atoms with Gasteiger partial charge < -0.3 is 43.4 Å². The second-order valence-electron chi connectivity index (χ2n) is 45.8. The molecule has 9 aromatic rings. The van der Waals surface area contributed by atoms with Crippen molar-refractivity contribution in [1.82, 2.24) is 89.4 Å². The van der Waals surface area contributed by atoms with E-state index in [4.69, 9.17) is 23.9 Å². The Morgan fingerprint density at radius 1 is 0.419 bits per heavy atom. The number of nitrogens with one attached hydrogen (secondary N) is 1. The predicted octanol–water partition coefficient (Wildman–Crippen LogP) is 20.6. The number of nitrogens with zero attached hydrogens (tertiary/aromatic N) is 21. The lowest BCUT2D eigenvalue weighted by Gasteiger charge is -2.51. The normalized spacial score (nSPS) is 19.7. The number of carbonyl (C=O) groups is 1. The van der Waals surface area contributed by atoms with E-state index in [1.165, 1.54) is 87.9 Å². The van der Waals surface area contributed by atoms with Gasteiger partial charge in [-0.3, -0.25) is 64.3 Å². The van der Waals surface area contributed by atoms with Crippen molar-refractivity contribution in [2.45, 2.75) is 273 Å². The molecule has 806 valence electrons. The first-order valence-electron chi connectivity index (χ1n) is 55.5. The number of benzene rings is 1. The van der Waals surface area contributed by atoms with Crippen LogP contribution >= 0.6 is 0 Å². The zero-order chi connectivity index (χ0) is 106. The van der Waals surface area contributed by atoms with Gasteiger partial charge in [0.2, 0.25) is 5.91 Å². The van der Waals surface area contributed by atoms with Gasteiger partial charge in [0.1, 0.15) is 24.0 Å². The van der Waals surface area contributed by atoms with E-state index in [-0.39, 0.29) is 17.5 Å². The van der Waals surface area contributed by atoms with Gasteiger partial charge in [0.15, 0.2) is 0 Å². The van der Waals surface area contributed by atoms with E-state index in [9.17, 15) is 4.79 Å². The number of piperazine rings is 4. The van der Waals surface area contributed by atoms with Crippen LogP contribution in [0, 0.1) is 18.8 Å². The van der Waals surface area contributed by atoms with Crippen molar-refractivity contribution in [1.29, 1.82) is 0 Å². The number of rotatable bonds is 21. The van der Waals surface area contributed by atoms with Crippen molar-refractivity contribution in [2.75, 3.05) is 207 Å². The molecule has 8 aromatic heterocycles. The highest BCUT2D eigenvalue weighted by Crippen LogP contribution is 2.39. The molecule has 1 saturated carbocycles. The number of H-pyrrole nitrogens is 1. The molecule has 1 atom stereocenters. The summed E-state index contributed by atoms with van der Waals surface area (Å²) in [5.74, 6) is 9.30. The number of hydrogen-bond acceptors (Lipinski definition) is 25. The van der Waals surface area contributed by atoms with Gasteiger partial charge >= 0.3 is 0 Å². The number of aliphatic imine (C=N–C) groups is 1. The number of anilines is 3. The number of aromatic amines is 1. The molecule has 0 bridgehead atoms. The number of aryl methyl sites for hydroxylation is 1. The van der Waals surface area contributed by atoms with Gasteiger partial charge in [-0.2, -0.15) is 5.10 Å². The monoisotopic (exact) mass is 2020 g/mol. The number of carbonyl (C=O) groups excluding carboxylic acids is 1. The summed E-state index contributed by atoms with van der Waals surface area (Å²) in [7, 11) is 6.08. The molecule has 0 radical (unpaired) electrons. The number of ether oxygens (including phenoxy) is 4. The van der Waals surface area contributed by atoms with Crippen LogP contribution in [0.5, 0.6) is 0 Å². The fourth-order valence-electron chi connectivity index (χ4n) is 19.0. The van der Waals surface area contributed by atoms with Crippen molar-refractivity contribution in [3.63, 3.8) is 0 Å². The molecule has 27 nitrogen and oxygen atoms in total.